The Morgan fingerprint density at radius 3 is 2.61 bits per heavy atom. The molecular formula is C10H15N3O4S. The van der Waals surface area contributed by atoms with E-state index >= 15 is 0 Å². The van der Waals surface area contributed by atoms with E-state index in [4.69, 9.17) is 0 Å². The van der Waals surface area contributed by atoms with Gasteiger partial charge in [0.2, 0.25) is 5.82 Å². The number of pyridine rings is 1. The summed E-state index contributed by atoms with van der Waals surface area (Å²) in [6, 6.07) is 2.29. The molecule has 1 heterocycles. The highest BCUT2D eigenvalue weighted by Gasteiger charge is 2.19. The highest BCUT2D eigenvalue weighted by atomic mass is 32.2. The summed E-state index contributed by atoms with van der Waals surface area (Å²) in [6.07, 6.45) is 2.76. The van der Waals surface area contributed by atoms with Gasteiger partial charge < -0.3 is 5.32 Å². The Kier molecular flexibility index (Phi) is 4.60. The maximum absolute atomic E-state index is 11.3. The van der Waals surface area contributed by atoms with Crippen molar-refractivity contribution in [2.75, 3.05) is 18.1 Å². The number of aromatic nitrogens is 1. The maximum Gasteiger partial charge on any atom is 0.311 e. The Morgan fingerprint density at radius 2 is 2.11 bits per heavy atom. The fourth-order valence-corrected chi connectivity index (χ4v) is 1.87. The van der Waals surface area contributed by atoms with Gasteiger partial charge in [0.1, 0.15) is 0 Å². The molecule has 8 heteroatoms. The molecule has 0 unspecified atom stereocenters. The summed E-state index contributed by atoms with van der Waals surface area (Å²) in [7, 11) is -3.47. The van der Waals surface area contributed by atoms with Crippen molar-refractivity contribution >= 4 is 21.3 Å². The second kappa shape index (κ2) is 5.76. The van der Waals surface area contributed by atoms with Crippen LogP contribution in [-0.4, -0.2) is 31.1 Å². The van der Waals surface area contributed by atoms with Gasteiger partial charge in [-0.2, -0.15) is 0 Å². The minimum absolute atomic E-state index is 0.00336. The van der Waals surface area contributed by atoms with Crippen LogP contribution in [0.3, 0.4) is 0 Å². The van der Waals surface area contributed by atoms with Gasteiger partial charge >= 0.3 is 5.69 Å². The third kappa shape index (κ3) is 3.66. The first-order chi connectivity index (χ1) is 8.36. The quantitative estimate of drug-likeness (QED) is 0.480. The maximum atomic E-state index is 11.3. The Bertz CT molecular complexity index is 542. The van der Waals surface area contributed by atoms with Crippen LogP contribution >= 0.6 is 0 Å². The molecule has 1 aromatic heterocycles. The molecule has 0 aliphatic carbocycles. The molecular weight excluding hydrogens is 258 g/mol. The summed E-state index contributed by atoms with van der Waals surface area (Å²) in [5.41, 5.74) is -0.224. The first kappa shape index (κ1) is 14.4. The van der Waals surface area contributed by atoms with E-state index in [9.17, 15) is 18.5 Å². The Morgan fingerprint density at radius 1 is 1.44 bits per heavy atom. The average molecular weight is 273 g/mol. The third-order valence-corrected chi connectivity index (χ3v) is 3.23. The zero-order valence-corrected chi connectivity index (χ0v) is 11.0. The molecule has 100 valence electrons. The van der Waals surface area contributed by atoms with Crippen molar-refractivity contribution in [1.29, 1.82) is 0 Å². The zero-order valence-electron chi connectivity index (χ0n) is 10.2. The van der Waals surface area contributed by atoms with E-state index < -0.39 is 14.8 Å². The summed E-state index contributed by atoms with van der Waals surface area (Å²) in [4.78, 5) is 14.0. The van der Waals surface area contributed by atoms with Crippen LogP contribution in [0.25, 0.3) is 0 Å². The molecule has 0 radical (unpaired) electrons. The molecule has 0 aliphatic rings. The second-order valence-corrected chi connectivity index (χ2v) is 5.79. The highest BCUT2D eigenvalue weighted by molar-refractivity contribution is 7.90. The van der Waals surface area contributed by atoms with E-state index in [2.05, 4.69) is 10.3 Å². The Labute approximate surface area is 105 Å². The number of sulfone groups is 1. The SMILES string of the molecule is CCCCNc1nc(S(C)(=O)=O)ccc1[N+](=O)[O-]. The van der Waals surface area contributed by atoms with E-state index in [-0.39, 0.29) is 16.5 Å². The monoisotopic (exact) mass is 273 g/mol. The first-order valence-corrected chi connectivity index (χ1v) is 7.34. The van der Waals surface area contributed by atoms with Crippen molar-refractivity contribution in [3.8, 4) is 0 Å². The standard InChI is InChI=1S/C10H15N3O4S/c1-3-4-7-11-10-8(13(14)15)5-6-9(12-10)18(2,16)17/h5-6H,3-4,7H2,1-2H3,(H,11,12). The number of nitrogens with zero attached hydrogens (tertiary/aromatic N) is 2. The topological polar surface area (TPSA) is 102 Å². The van der Waals surface area contributed by atoms with Crippen LogP contribution < -0.4 is 5.32 Å². The van der Waals surface area contributed by atoms with Crippen molar-refractivity contribution in [3.05, 3.63) is 22.2 Å². The normalized spacial score (nSPS) is 11.2. The van der Waals surface area contributed by atoms with Gasteiger partial charge in [0, 0.05) is 18.9 Å². The molecule has 7 nitrogen and oxygen atoms in total. The molecule has 1 aromatic rings. The molecule has 1 rings (SSSR count). The number of unbranched alkanes of at least 4 members (excludes halogenated alkanes) is 1. The van der Waals surface area contributed by atoms with Crippen molar-refractivity contribution in [3.63, 3.8) is 0 Å². The van der Waals surface area contributed by atoms with Crippen molar-refractivity contribution < 1.29 is 13.3 Å². The molecule has 1 N–H and O–H groups in total. The van der Waals surface area contributed by atoms with E-state index in [1.54, 1.807) is 0 Å². The van der Waals surface area contributed by atoms with Crippen LogP contribution in [0.2, 0.25) is 0 Å². The van der Waals surface area contributed by atoms with Crippen LogP contribution in [0.1, 0.15) is 19.8 Å². The summed E-state index contributed by atoms with van der Waals surface area (Å²) < 4.78 is 22.7. The summed E-state index contributed by atoms with van der Waals surface area (Å²) in [5.74, 6) is -0.00336. The molecule has 0 saturated heterocycles. The van der Waals surface area contributed by atoms with Crippen LogP contribution in [0.5, 0.6) is 0 Å². The van der Waals surface area contributed by atoms with Crippen LogP contribution in [-0.2, 0) is 9.84 Å². The van der Waals surface area contributed by atoms with Gasteiger partial charge in [0.05, 0.1) is 4.92 Å². The highest BCUT2D eigenvalue weighted by Crippen LogP contribution is 2.23. The molecule has 0 spiro atoms. The van der Waals surface area contributed by atoms with Crippen LogP contribution in [0, 0.1) is 10.1 Å². The Hall–Kier alpha value is -1.70. The number of rotatable bonds is 6. The number of nitro groups is 1. The predicted molar refractivity (Wildman–Crippen MR) is 67.4 cm³/mol. The van der Waals surface area contributed by atoms with Crippen molar-refractivity contribution in [1.82, 2.24) is 4.98 Å². The summed E-state index contributed by atoms with van der Waals surface area (Å²) in [6.45, 7) is 2.49. The largest absolute Gasteiger partial charge is 0.364 e. The van der Waals surface area contributed by atoms with E-state index in [1.165, 1.54) is 0 Å². The average Bonchev–Trinajstić information content (AvgIpc) is 2.27. The van der Waals surface area contributed by atoms with Gasteiger partial charge in [-0.05, 0) is 12.5 Å². The fraction of sp³-hybridized carbons (Fsp3) is 0.500. The van der Waals surface area contributed by atoms with Gasteiger partial charge in [-0.3, -0.25) is 10.1 Å². The van der Waals surface area contributed by atoms with Gasteiger partial charge in [-0.25, -0.2) is 13.4 Å². The lowest BCUT2D eigenvalue weighted by molar-refractivity contribution is -0.384. The van der Waals surface area contributed by atoms with E-state index in [0.717, 1.165) is 31.2 Å². The smallest absolute Gasteiger partial charge is 0.311 e. The molecule has 18 heavy (non-hydrogen) atoms. The second-order valence-electron chi connectivity index (χ2n) is 3.83. The summed E-state index contributed by atoms with van der Waals surface area (Å²) in [5, 5.41) is 13.4. The molecule has 0 atom stereocenters. The summed E-state index contributed by atoms with van der Waals surface area (Å²) >= 11 is 0. The van der Waals surface area contributed by atoms with Gasteiger partial charge in [0.15, 0.2) is 14.9 Å². The lowest BCUT2D eigenvalue weighted by Gasteiger charge is -2.06. The number of hydrogen-bond donors (Lipinski definition) is 1. The van der Waals surface area contributed by atoms with Gasteiger partial charge in [-0.15, -0.1) is 0 Å². The molecule has 0 saturated carbocycles. The van der Waals surface area contributed by atoms with Crippen LogP contribution in [0.15, 0.2) is 17.2 Å². The number of hydrogen-bond acceptors (Lipinski definition) is 6. The minimum Gasteiger partial charge on any atom is -0.364 e. The molecule has 0 bridgehead atoms. The Balaban J connectivity index is 3.12. The minimum atomic E-state index is -3.47. The van der Waals surface area contributed by atoms with Crippen LogP contribution in [0.4, 0.5) is 11.5 Å². The lowest BCUT2D eigenvalue weighted by atomic mass is 10.3. The molecule has 0 amide bonds. The van der Waals surface area contributed by atoms with Gasteiger partial charge in [-0.1, -0.05) is 13.3 Å². The zero-order chi connectivity index (χ0) is 13.8. The lowest BCUT2D eigenvalue weighted by Crippen LogP contribution is -2.09. The number of anilines is 1. The van der Waals surface area contributed by atoms with Gasteiger partial charge in [0.25, 0.3) is 0 Å². The third-order valence-electron chi connectivity index (χ3n) is 2.25. The van der Waals surface area contributed by atoms with E-state index in [1.807, 2.05) is 6.92 Å². The van der Waals surface area contributed by atoms with Crippen molar-refractivity contribution in [2.45, 2.75) is 24.8 Å². The first-order valence-electron chi connectivity index (χ1n) is 5.45. The molecule has 0 aliphatic heterocycles. The predicted octanol–water partition coefficient (Wildman–Crippen LogP) is 1.61. The number of nitrogens with one attached hydrogen (secondary N) is 1. The molecule has 0 fully saturated rings. The van der Waals surface area contributed by atoms with E-state index in [0.29, 0.717) is 6.54 Å². The molecule has 0 aromatic carbocycles. The fourth-order valence-electron chi connectivity index (χ4n) is 1.30. The van der Waals surface area contributed by atoms with Crippen molar-refractivity contribution in [2.24, 2.45) is 0 Å².